The van der Waals surface area contributed by atoms with Gasteiger partial charge in [-0.1, -0.05) is 19.4 Å². The average Bonchev–Trinajstić information content (AvgIpc) is 2.54. The summed E-state index contributed by atoms with van der Waals surface area (Å²) in [5.74, 6) is -0.516. The van der Waals surface area contributed by atoms with E-state index in [4.69, 9.17) is 0 Å². The number of allylic oxidation sites excluding steroid dienone is 2. The van der Waals surface area contributed by atoms with E-state index in [0.717, 1.165) is 24.8 Å². The lowest BCUT2D eigenvalue weighted by atomic mass is 9.65. The van der Waals surface area contributed by atoms with E-state index in [1.807, 2.05) is 0 Å². The molecule has 17 heavy (non-hydrogen) atoms. The maximum atomic E-state index is 11.7. The van der Waals surface area contributed by atoms with Crippen LogP contribution < -0.4 is 0 Å². The fraction of sp³-hybridized carbons (Fsp3) is 0.714. The van der Waals surface area contributed by atoms with Crippen molar-refractivity contribution in [2.24, 2.45) is 22.7 Å². The summed E-state index contributed by atoms with van der Waals surface area (Å²) in [7, 11) is 0. The maximum Gasteiger partial charge on any atom is 0.307 e. The fourth-order valence-corrected chi connectivity index (χ4v) is 4.71. The van der Waals surface area contributed by atoms with Crippen LogP contribution in [-0.4, -0.2) is 16.9 Å². The highest BCUT2D eigenvalue weighted by Gasteiger charge is 2.63. The second-order valence-electron chi connectivity index (χ2n) is 6.59. The summed E-state index contributed by atoms with van der Waals surface area (Å²) < 4.78 is 0. The van der Waals surface area contributed by atoms with Gasteiger partial charge in [0.05, 0.1) is 5.92 Å². The van der Waals surface area contributed by atoms with E-state index in [9.17, 15) is 14.7 Å². The second kappa shape index (κ2) is 3.01. The van der Waals surface area contributed by atoms with Crippen molar-refractivity contribution < 1.29 is 14.7 Å². The third-order valence-corrected chi connectivity index (χ3v) is 5.18. The number of carboxylic acids is 1. The molecule has 3 heteroatoms. The number of carboxylic acid groups (broad SMARTS) is 1. The molecule has 0 aromatic heterocycles. The molecule has 0 aromatic carbocycles. The smallest absolute Gasteiger partial charge is 0.307 e. The zero-order valence-corrected chi connectivity index (χ0v) is 10.3. The third kappa shape index (κ3) is 1.23. The topological polar surface area (TPSA) is 54.4 Å². The molecule has 1 N–H and O–H groups in total. The zero-order chi connectivity index (χ0) is 12.4. The molecule has 3 aliphatic carbocycles. The molecule has 0 amide bonds. The fourth-order valence-electron chi connectivity index (χ4n) is 4.71. The van der Waals surface area contributed by atoms with Crippen molar-refractivity contribution in [3.05, 3.63) is 11.6 Å². The van der Waals surface area contributed by atoms with Crippen molar-refractivity contribution in [2.75, 3.05) is 0 Å². The molecule has 3 rings (SSSR count). The van der Waals surface area contributed by atoms with E-state index in [1.165, 1.54) is 0 Å². The highest BCUT2D eigenvalue weighted by atomic mass is 16.4. The van der Waals surface area contributed by atoms with Gasteiger partial charge in [0.25, 0.3) is 0 Å². The van der Waals surface area contributed by atoms with Gasteiger partial charge in [0.2, 0.25) is 0 Å². The number of hydrogen-bond donors (Lipinski definition) is 1. The van der Waals surface area contributed by atoms with E-state index in [-0.39, 0.29) is 22.5 Å². The van der Waals surface area contributed by atoms with Gasteiger partial charge in [0.15, 0.2) is 5.78 Å². The van der Waals surface area contributed by atoms with E-state index in [0.29, 0.717) is 12.3 Å². The standard InChI is InChI=1S/C14H18O3/c1-13(2)7-14-6-8(15)5-11(14)9(13)3-4-10(14)12(16)17/h5,9-10H,3-4,6-7H2,1-2H3,(H,16,17)/t9-,10+,14+/m0/s1. The van der Waals surface area contributed by atoms with E-state index in [1.54, 1.807) is 6.08 Å². The molecular formula is C14H18O3. The number of rotatable bonds is 1. The monoisotopic (exact) mass is 234 g/mol. The van der Waals surface area contributed by atoms with Gasteiger partial charge in [-0.15, -0.1) is 0 Å². The minimum Gasteiger partial charge on any atom is -0.481 e. The van der Waals surface area contributed by atoms with E-state index in [2.05, 4.69) is 13.8 Å². The summed E-state index contributed by atoms with van der Waals surface area (Å²) >= 11 is 0. The lowest BCUT2D eigenvalue weighted by molar-refractivity contribution is -0.146. The van der Waals surface area contributed by atoms with Crippen molar-refractivity contribution in [1.82, 2.24) is 0 Å². The molecular weight excluding hydrogens is 216 g/mol. The van der Waals surface area contributed by atoms with Gasteiger partial charge in [0.1, 0.15) is 0 Å². The van der Waals surface area contributed by atoms with Gasteiger partial charge in [-0.05, 0) is 36.7 Å². The summed E-state index contributed by atoms with van der Waals surface area (Å²) in [6.45, 7) is 4.43. The molecule has 0 aliphatic heterocycles. The Morgan fingerprint density at radius 1 is 1.41 bits per heavy atom. The minimum absolute atomic E-state index is 0.133. The van der Waals surface area contributed by atoms with Crippen LogP contribution in [0, 0.1) is 22.7 Å². The predicted octanol–water partition coefficient (Wildman–Crippen LogP) is 2.41. The van der Waals surface area contributed by atoms with Crippen LogP contribution in [0.4, 0.5) is 0 Å². The average molecular weight is 234 g/mol. The minimum atomic E-state index is -0.721. The first-order chi connectivity index (χ1) is 7.87. The van der Waals surface area contributed by atoms with Gasteiger partial charge in [-0.3, -0.25) is 9.59 Å². The summed E-state index contributed by atoms with van der Waals surface area (Å²) in [6, 6.07) is 0. The maximum absolute atomic E-state index is 11.7. The lowest BCUT2D eigenvalue weighted by Gasteiger charge is -2.37. The first-order valence-electron chi connectivity index (χ1n) is 6.34. The molecule has 0 radical (unpaired) electrons. The summed E-state index contributed by atoms with van der Waals surface area (Å²) in [6.07, 6.45) is 4.70. The Kier molecular flexibility index (Phi) is 1.94. The molecule has 0 heterocycles. The number of hydrogen-bond acceptors (Lipinski definition) is 2. The van der Waals surface area contributed by atoms with Crippen molar-refractivity contribution >= 4 is 11.8 Å². The van der Waals surface area contributed by atoms with Gasteiger partial charge < -0.3 is 5.11 Å². The van der Waals surface area contributed by atoms with Gasteiger partial charge >= 0.3 is 5.97 Å². The quantitative estimate of drug-likeness (QED) is 0.758. The Morgan fingerprint density at radius 3 is 2.76 bits per heavy atom. The predicted molar refractivity (Wildman–Crippen MR) is 62.4 cm³/mol. The number of carbonyl (C=O) groups is 2. The molecule has 3 nitrogen and oxygen atoms in total. The molecule has 0 spiro atoms. The number of aliphatic carboxylic acids is 1. The SMILES string of the molecule is CC1(C)C[C@@]23CC(=O)C=C2[C@@H]1CC[C@@H]3C(=O)O. The number of carbonyl (C=O) groups excluding carboxylic acids is 1. The normalized spacial score (nSPS) is 42.2. The van der Waals surface area contributed by atoms with Crippen LogP contribution in [0.25, 0.3) is 0 Å². The van der Waals surface area contributed by atoms with Crippen LogP contribution in [0.2, 0.25) is 0 Å². The highest BCUT2D eigenvalue weighted by Crippen LogP contribution is 2.68. The van der Waals surface area contributed by atoms with Crippen LogP contribution in [0.3, 0.4) is 0 Å². The van der Waals surface area contributed by atoms with Crippen LogP contribution in [-0.2, 0) is 9.59 Å². The second-order valence-corrected chi connectivity index (χ2v) is 6.59. The van der Waals surface area contributed by atoms with Crippen LogP contribution in [0.5, 0.6) is 0 Å². The molecule has 2 saturated carbocycles. The van der Waals surface area contributed by atoms with Crippen molar-refractivity contribution in [3.63, 3.8) is 0 Å². The summed E-state index contributed by atoms with van der Waals surface area (Å²) in [5, 5.41) is 9.42. The lowest BCUT2D eigenvalue weighted by Crippen LogP contribution is -2.37. The molecule has 0 aromatic rings. The zero-order valence-electron chi connectivity index (χ0n) is 10.3. The van der Waals surface area contributed by atoms with Crippen LogP contribution >= 0.6 is 0 Å². The molecule has 3 atom stereocenters. The molecule has 92 valence electrons. The first kappa shape index (κ1) is 11.0. The molecule has 0 saturated heterocycles. The van der Waals surface area contributed by atoms with Gasteiger partial charge in [-0.25, -0.2) is 0 Å². The Labute approximate surface area is 101 Å². The Hall–Kier alpha value is -1.12. The van der Waals surface area contributed by atoms with Gasteiger partial charge in [0, 0.05) is 11.8 Å². The van der Waals surface area contributed by atoms with Crippen molar-refractivity contribution in [2.45, 2.75) is 39.5 Å². The van der Waals surface area contributed by atoms with E-state index < -0.39 is 5.97 Å². The van der Waals surface area contributed by atoms with Gasteiger partial charge in [-0.2, -0.15) is 0 Å². The molecule has 3 aliphatic rings. The van der Waals surface area contributed by atoms with Crippen molar-refractivity contribution in [1.29, 1.82) is 0 Å². The Balaban J connectivity index is 2.14. The van der Waals surface area contributed by atoms with Crippen molar-refractivity contribution in [3.8, 4) is 0 Å². The molecule has 2 bridgehead atoms. The van der Waals surface area contributed by atoms with Crippen LogP contribution in [0.15, 0.2) is 11.6 Å². The molecule has 2 fully saturated rings. The third-order valence-electron chi connectivity index (χ3n) is 5.18. The van der Waals surface area contributed by atoms with Crippen LogP contribution in [0.1, 0.15) is 39.5 Å². The summed E-state index contributed by atoms with van der Waals surface area (Å²) in [5.41, 5.74) is 0.970. The number of ketones is 1. The Bertz CT molecular complexity index is 446. The first-order valence-corrected chi connectivity index (χ1v) is 6.34. The Morgan fingerprint density at radius 2 is 2.12 bits per heavy atom. The highest BCUT2D eigenvalue weighted by molar-refractivity contribution is 5.96. The summed E-state index contributed by atoms with van der Waals surface area (Å²) in [4.78, 5) is 23.2. The largest absolute Gasteiger partial charge is 0.481 e. The van der Waals surface area contributed by atoms with E-state index >= 15 is 0 Å². The molecule has 0 unspecified atom stereocenters.